The van der Waals surface area contributed by atoms with Crippen LogP contribution in [0.15, 0.2) is 6.07 Å². The first kappa shape index (κ1) is 12.7. The van der Waals surface area contributed by atoms with Crippen LogP contribution in [0, 0.1) is 11.6 Å². The molecule has 0 fully saturated rings. The number of phenolic OH excluding ortho intramolecular Hbond substituents is 1. The first-order valence-corrected chi connectivity index (χ1v) is 4.97. The predicted octanol–water partition coefficient (Wildman–Crippen LogP) is 2.13. The molecular weight excluding hydrogens is 216 g/mol. The topological polar surface area (TPSA) is 55.5 Å². The summed E-state index contributed by atoms with van der Waals surface area (Å²) in [6, 6.07) is 0.920. The van der Waals surface area contributed by atoms with Gasteiger partial charge in [0.1, 0.15) is 0 Å². The van der Waals surface area contributed by atoms with Gasteiger partial charge in [-0.15, -0.1) is 0 Å². The Morgan fingerprint density at radius 2 is 2.06 bits per heavy atom. The summed E-state index contributed by atoms with van der Waals surface area (Å²) in [6.45, 7) is 1.96. The Hall–Kier alpha value is -1.36. The second-order valence-corrected chi connectivity index (χ2v) is 3.62. The maximum Gasteiger partial charge on any atom is 0.171 e. The number of hydrogen-bond acceptors (Lipinski definition) is 3. The summed E-state index contributed by atoms with van der Waals surface area (Å²) in [7, 11) is 1.26. The van der Waals surface area contributed by atoms with Crippen molar-refractivity contribution in [3.8, 4) is 11.5 Å². The molecule has 16 heavy (non-hydrogen) atoms. The molecule has 0 aliphatic rings. The molecule has 0 aliphatic carbocycles. The van der Waals surface area contributed by atoms with Gasteiger partial charge in [0.15, 0.2) is 23.1 Å². The predicted molar refractivity (Wildman–Crippen MR) is 56.7 cm³/mol. The van der Waals surface area contributed by atoms with Crippen molar-refractivity contribution < 1.29 is 18.6 Å². The van der Waals surface area contributed by atoms with Gasteiger partial charge in [0.05, 0.1) is 7.11 Å². The standard InChI is InChI=1S/C11H15F2NO2/c1-6(3-4-14)9-10(12)7(15)5-8(16-2)11(9)13/h5-6,15H,3-4,14H2,1-2H3. The van der Waals surface area contributed by atoms with Gasteiger partial charge in [-0.2, -0.15) is 0 Å². The van der Waals surface area contributed by atoms with Crippen LogP contribution in [0.1, 0.15) is 24.8 Å². The van der Waals surface area contributed by atoms with Crippen LogP contribution < -0.4 is 10.5 Å². The molecule has 0 amide bonds. The fourth-order valence-electron chi connectivity index (χ4n) is 1.59. The average molecular weight is 231 g/mol. The highest BCUT2D eigenvalue weighted by atomic mass is 19.1. The summed E-state index contributed by atoms with van der Waals surface area (Å²) in [6.07, 6.45) is 0.431. The van der Waals surface area contributed by atoms with E-state index in [0.717, 1.165) is 6.07 Å². The summed E-state index contributed by atoms with van der Waals surface area (Å²) in [5.74, 6) is -2.92. The molecule has 90 valence electrons. The minimum atomic E-state index is -0.945. The van der Waals surface area contributed by atoms with Gasteiger partial charge in [-0.25, -0.2) is 8.78 Å². The molecule has 0 saturated carbocycles. The van der Waals surface area contributed by atoms with E-state index in [2.05, 4.69) is 0 Å². The Labute approximate surface area is 92.8 Å². The van der Waals surface area contributed by atoms with E-state index in [1.54, 1.807) is 6.92 Å². The number of phenols is 1. The molecule has 1 aromatic carbocycles. The van der Waals surface area contributed by atoms with Crippen molar-refractivity contribution >= 4 is 0 Å². The zero-order valence-electron chi connectivity index (χ0n) is 9.26. The molecule has 1 unspecified atom stereocenters. The lowest BCUT2D eigenvalue weighted by Crippen LogP contribution is -2.09. The number of nitrogens with two attached hydrogens (primary N) is 1. The fourth-order valence-corrected chi connectivity index (χ4v) is 1.59. The van der Waals surface area contributed by atoms with Crippen LogP contribution in [-0.4, -0.2) is 18.8 Å². The molecule has 0 aliphatic heterocycles. The zero-order chi connectivity index (χ0) is 12.3. The van der Waals surface area contributed by atoms with Crippen LogP contribution in [0.2, 0.25) is 0 Å². The van der Waals surface area contributed by atoms with E-state index >= 15 is 0 Å². The minimum Gasteiger partial charge on any atom is -0.505 e. The van der Waals surface area contributed by atoms with Gasteiger partial charge in [0.2, 0.25) is 0 Å². The first-order chi connectivity index (χ1) is 7.52. The van der Waals surface area contributed by atoms with Crippen molar-refractivity contribution in [1.82, 2.24) is 0 Å². The lowest BCUT2D eigenvalue weighted by Gasteiger charge is -2.15. The molecule has 0 saturated heterocycles. The van der Waals surface area contributed by atoms with Crippen molar-refractivity contribution in [2.24, 2.45) is 5.73 Å². The number of aromatic hydroxyl groups is 1. The summed E-state index contributed by atoms with van der Waals surface area (Å²) in [5.41, 5.74) is 5.16. The van der Waals surface area contributed by atoms with Gasteiger partial charge in [-0.1, -0.05) is 6.92 Å². The number of rotatable bonds is 4. The molecule has 0 bridgehead atoms. The van der Waals surface area contributed by atoms with Crippen molar-refractivity contribution in [2.45, 2.75) is 19.3 Å². The van der Waals surface area contributed by atoms with Gasteiger partial charge < -0.3 is 15.6 Å². The van der Waals surface area contributed by atoms with E-state index in [9.17, 15) is 13.9 Å². The number of halogens is 2. The van der Waals surface area contributed by atoms with Crippen LogP contribution in [0.5, 0.6) is 11.5 Å². The van der Waals surface area contributed by atoms with Crippen LogP contribution in [0.4, 0.5) is 8.78 Å². The lowest BCUT2D eigenvalue weighted by atomic mass is 9.96. The van der Waals surface area contributed by atoms with Gasteiger partial charge in [0, 0.05) is 11.6 Å². The third-order valence-electron chi connectivity index (χ3n) is 2.49. The molecule has 5 heteroatoms. The molecule has 0 aromatic heterocycles. The maximum absolute atomic E-state index is 13.8. The zero-order valence-corrected chi connectivity index (χ0v) is 9.26. The van der Waals surface area contributed by atoms with Crippen molar-refractivity contribution in [3.05, 3.63) is 23.3 Å². The SMILES string of the molecule is COc1cc(O)c(F)c(C(C)CCN)c1F. The second-order valence-electron chi connectivity index (χ2n) is 3.62. The summed E-state index contributed by atoms with van der Waals surface area (Å²) < 4.78 is 32.1. The molecule has 0 spiro atoms. The number of benzene rings is 1. The van der Waals surface area contributed by atoms with Gasteiger partial charge in [-0.3, -0.25) is 0 Å². The highest BCUT2D eigenvalue weighted by Crippen LogP contribution is 2.35. The van der Waals surface area contributed by atoms with Crippen LogP contribution >= 0.6 is 0 Å². The summed E-state index contributed by atoms with van der Waals surface area (Å²) in [4.78, 5) is 0. The number of methoxy groups -OCH3 is 1. The molecule has 1 rings (SSSR count). The molecule has 0 radical (unpaired) electrons. The third kappa shape index (κ3) is 2.24. The Morgan fingerprint density at radius 1 is 1.44 bits per heavy atom. The Bertz CT molecular complexity index is 383. The lowest BCUT2D eigenvalue weighted by molar-refractivity contribution is 0.362. The quantitative estimate of drug-likeness (QED) is 0.834. The maximum atomic E-state index is 13.8. The molecule has 3 N–H and O–H groups in total. The Balaban J connectivity index is 3.29. The van der Waals surface area contributed by atoms with Crippen molar-refractivity contribution in [1.29, 1.82) is 0 Å². The van der Waals surface area contributed by atoms with Gasteiger partial charge in [-0.05, 0) is 18.9 Å². The van der Waals surface area contributed by atoms with E-state index in [1.165, 1.54) is 7.11 Å². The third-order valence-corrected chi connectivity index (χ3v) is 2.49. The Morgan fingerprint density at radius 3 is 2.56 bits per heavy atom. The molecule has 1 atom stereocenters. The monoisotopic (exact) mass is 231 g/mol. The molecular formula is C11H15F2NO2. The van der Waals surface area contributed by atoms with E-state index in [0.29, 0.717) is 13.0 Å². The van der Waals surface area contributed by atoms with Crippen LogP contribution in [-0.2, 0) is 0 Å². The number of hydrogen-bond donors (Lipinski definition) is 2. The normalized spacial score (nSPS) is 12.6. The highest BCUT2D eigenvalue weighted by molar-refractivity contribution is 5.42. The molecule has 3 nitrogen and oxygen atoms in total. The summed E-state index contributed by atoms with van der Waals surface area (Å²) >= 11 is 0. The average Bonchev–Trinajstić information content (AvgIpc) is 2.24. The minimum absolute atomic E-state index is 0.169. The smallest absolute Gasteiger partial charge is 0.171 e. The molecule has 1 aromatic rings. The van der Waals surface area contributed by atoms with Crippen LogP contribution in [0.25, 0.3) is 0 Å². The van der Waals surface area contributed by atoms with Gasteiger partial charge in [0.25, 0.3) is 0 Å². The largest absolute Gasteiger partial charge is 0.505 e. The van der Waals surface area contributed by atoms with E-state index in [1.807, 2.05) is 0 Å². The van der Waals surface area contributed by atoms with E-state index < -0.39 is 23.3 Å². The Kier molecular flexibility index (Phi) is 4.06. The van der Waals surface area contributed by atoms with Crippen molar-refractivity contribution in [2.75, 3.05) is 13.7 Å². The first-order valence-electron chi connectivity index (χ1n) is 4.97. The van der Waals surface area contributed by atoms with Crippen molar-refractivity contribution in [3.63, 3.8) is 0 Å². The molecule has 0 heterocycles. The van der Waals surface area contributed by atoms with Crippen LogP contribution in [0.3, 0.4) is 0 Å². The van der Waals surface area contributed by atoms with Gasteiger partial charge >= 0.3 is 0 Å². The number of ether oxygens (including phenoxy) is 1. The summed E-state index contributed by atoms with van der Waals surface area (Å²) in [5, 5.41) is 9.30. The van der Waals surface area contributed by atoms with E-state index in [-0.39, 0.29) is 11.3 Å². The second kappa shape index (κ2) is 5.12. The fraction of sp³-hybridized carbons (Fsp3) is 0.455. The highest BCUT2D eigenvalue weighted by Gasteiger charge is 2.22. The van der Waals surface area contributed by atoms with E-state index in [4.69, 9.17) is 10.5 Å².